The van der Waals surface area contributed by atoms with Crippen LogP contribution in [0.3, 0.4) is 0 Å². The molecule has 0 aliphatic carbocycles. The second-order valence-corrected chi connectivity index (χ2v) is 4.15. The first kappa shape index (κ1) is 15.0. The van der Waals surface area contributed by atoms with Crippen molar-refractivity contribution >= 4 is 17.6 Å². The van der Waals surface area contributed by atoms with Gasteiger partial charge in [-0.1, -0.05) is 0 Å². The van der Waals surface area contributed by atoms with Gasteiger partial charge in [0.15, 0.2) is 12.3 Å². The predicted octanol–water partition coefficient (Wildman–Crippen LogP) is 0.429. The molecule has 0 saturated carbocycles. The van der Waals surface area contributed by atoms with Crippen LogP contribution in [0.4, 0.5) is 5.69 Å². The summed E-state index contributed by atoms with van der Waals surface area (Å²) < 4.78 is 6.45. The first-order valence-electron chi connectivity index (χ1n) is 6.16. The average Bonchev–Trinajstić information content (AvgIpc) is 2.70. The Hall–Kier alpha value is -2.05. The first-order chi connectivity index (χ1) is 8.92. The summed E-state index contributed by atoms with van der Waals surface area (Å²) in [5, 5.41) is 4.12. The third-order valence-corrected chi connectivity index (χ3v) is 2.89. The van der Waals surface area contributed by atoms with Crippen molar-refractivity contribution < 1.29 is 14.3 Å². The highest BCUT2D eigenvalue weighted by atomic mass is 16.5. The van der Waals surface area contributed by atoms with Crippen LogP contribution in [-0.2, 0) is 16.1 Å². The number of anilines is 1. The van der Waals surface area contributed by atoms with E-state index in [-0.39, 0.29) is 18.2 Å². The molecule has 0 radical (unpaired) electrons. The van der Waals surface area contributed by atoms with E-state index in [4.69, 9.17) is 10.5 Å². The normalized spacial score (nSPS) is 10.3. The Labute approximate surface area is 112 Å². The second-order valence-electron chi connectivity index (χ2n) is 4.15. The number of nitrogen functional groups attached to an aromatic ring is 1. The summed E-state index contributed by atoms with van der Waals surface area (Å²) in [5.74, 6) is -0.883. The molecule has 0 aliphatic rings. The maximum Gasteiger partial charge on any atom is 0.359 e. The molecule has 0 fully saturated rings. The molecule has 0 aliphatic heterocycles. The Kier molecular flexibility index (Phi) is 4.91. The van der Waals surface area contributed by atoms with Gasteiger partial charge in [0, 0.05) is 20.1 Å². The number of likely N-dealkylation sites (N-methyl/N-ethyl adjacent to an activating group) is 1. The Morgan fingerprint density at radius 3 is 2.58 bits per heavy atom. The Bertz CT molecular complexity index is 482. The molecule has 0 atom stereocenters. The number of carbonyl (C=O) groups is 2. The van der Waals surface area contributed by atoms with Crippen LogP contribution in [0, 0.1) is 6.92 Å². The number of amides is 1. The molecule has 106 valence electrons. The van der Waals surface area contributed by atoms with Gasteiger partial charge in [-0.25, -0.2) is 4.79 Å². The molecule has 0 spiro atoms. The highest BCUT2D eigenvalue weighted by Gasteiger charge is 2.21. The molecule has 1 aromatic rings. The summed E-state index contributed by atoms with van der Waals surface area (Å²) in [6.07, 6.45) is 0. The summed E-state index contributed by atoms with van der Waals surface area (Å²) in [7, 11) is 1.64. The third kappa shape index (κ3) is 3.24. The molecule has 7 heteroatoms. The van der Waals surface area contributed by atoms with Crippen LogP contribution >= 0.6 is 0 Å². The molecule has 0 bridgehead atoms. The number of esters is 1. The molecule has 1 aromatic heterocycles. The highest BCUT2D eigenvalue weighted by molar-refractivity contribution is 5.95. The van der Waals surface area contributed by atoms with Gasteiger partial charge in [0.2, 0.25) is 0 Å². The number of hydrogen-bond acceptors (Lipinski definition) is 5. The van der Waals surface area contributed by atoms with Crippen molar-refractivity contribution in [1.82, 2.24) is 14.7 Å². The lowest BCUT2D eigenvalue weighted by molar-refractivity contribution is -0.133. The summed E-state index contributed by atoms with van der Waals surface area (Å²) in [5.41, 5.74) is 6.86. The van der Waals surface area contributed by atoms with Crippen molar-refractivity contribution in [2.45, 2.75) is 27.3 Å². The largest absolute Gasteiger partial charge is 0.451 e. The number of nitrogens with zero attached hydrogens (tertiary/aromatic N) is 3. The zero-order chi connectivity index (χ0) is 14.6. The number of carbonyl (C=O) groups excluding carboxylic acids is 2. The fourth-order valence-corrected chi connectivity index (χ4v) is 1.52. The molecular formula is C12H20N4O3. The van der Waals surface area contributed by atoms with Crippen LogP contribution < -0.4 is 5.73 Å². The minimum atomic E-state index is -0.627. The van der Waals surface area contributed by atoms with Gasteiger partial charge < -0.3 is 15.4 Å². The van der Waals surface area contributed by atoms with Crippen LogP contribution in [0.25, 0.3) is 0 Å². The average molecular weight is 268 g/mol. The fraction of sp³-hybridized carbons (Fsp3) is 0.583. The van der Waals surface area contributed by atoms with Crippen molar-refractivity contribution in [2.75, 3.05) is 25.9 Å². The first-order valence-corrected chi connectivity index (χ1v) is 6.16. The molecule has 1 rings (SSSR count). The number of aromatic nitrogens is 2. The van der Waals surface area contributed by atoms with Crippen LogP contribution in [0.1, 0.15) is 30.0 Å². The summed E-state index contributed by atoms with van der Waals surface area (Å²) in [4.78, 5) is 25.0. The molecule has 0 aromatic carbocycles. The highest BCUT2D eigenvalue weighted by Crippen LogP contribution is 2.17. The summed E-state index contributed by atoms with van der Waals surface area (Å²) >= 11 is 0. The topological polar surface area (TPSA) is 90.4 Å². The molecule has 19 heavy (non-hydrogen) atoms. The van der Waals surface area contributed by atoms with E-state index in [0.717, 1.165) is 0 Å². The van der Waals surface area contributed by atoms with Crippen molar-refractivity contribution in [3.63, 3.8) is 0 Å². The van der Waals surface area contributed by atoms with Crippen molar-refractivity contribution in [2.24, 2.45) is 0 Å². The van der Waals surface area contributed by atoms with Crippen molar-refractivity contribution in [3.05, 3.63) is 11.4 Å². The van der Waals surface area contributed by atoms with Crippen LogP contribution in [0.15, 0.2) is 0 Å². The zero-order valence-corrected chi connectivity index (χ0v) is 11.8. The lowest BCUT2D eigenvalue weighted by Crippen LogP contribution is -2.31. The lowest BCUT2D eigenvalue weighted by Gasteiger charge is -2.14. The van der Waals surface area contributed by atoms with E-state index in [1.807, 2.05) is 13.8 Å². The van der Waals surface area contributed by atoms with Crippen LogP contribution in [-0.4, -0.2) is 46.8 Å². The lowest BCUT2D eigenvalue weighted by atomic mass is 10.3. The monoisotopic (exact) mass is 268 g/mol. The number of aryl methyl sites for hydroxylation is 2. The molecule has 0 unspecified atom stereocenters. The van der Waals surface area contributed by atoms with Gasteiger partial charge in [0.1, 0.15) is 0 Å². The van der Waals surface area contributed by atoms with Gasteiger partial charge in [-0.05, 0) is 20.8 Å². The van der Waals surface area contributed by atoms with Crippen molar-refractivity contribution in [1.29, 1.82) is 0 Å². The molecule has 1 heterocycles. The quantitative estimate of drug-likeness (QED) is 0.782. The standard InChI is InChI=1S/C12H20N4O3/c1-5-15(4)9(17)7-19-12(18)11-10(13)8(3)14-16(11)6-2/h5-7,13H2,1-4H3. The van der Waals surface area contributed by atoms with Crippen LogP contribution in [0.5, 0.6) is 0 Å². The molecule has 1 amide bonds. The maximum absolute atomic E-state index is 11.9. The van der Waals surface area contributed by atoms with Gasteiger partial charge in [-0.3, -0.25) is 9.48 Å². The fourth-order valence-electron chi connectivity index (χ4n) is 1.52. The molecular weight excluding hydrogens is 248 g/mol. The van der Waals surface area contributed by atoms with Crippen LogP contribution in [0.2, 0.25) is 0 Å². The number of hydrogen-bond donors (Lipinski definition) is 1. The Morgan fingerprint density at radius 2 is 2.05 bits per heavy atom. The van der Waals surface area contributed by atoms with E-state index in [9.17, 15) is 9.59 Å². The smallest absolute Gasteiger partial charge is 0.359 e. The SMILES string of the molecule is CCN(C)C(=O)COC(=O)c1c(N)c(C)nn1CC. The number of nitrogens with two attached hydrogens (primary N) is 1. The summed E-state index contributed by atoms with van der Waals surface area (Å²) in [6, 6.07) is 0. The van der Waals surface area contributed by atoms with E-state index in [1.165, 1.54) is 9.58 Å². The van der Waals surface area contributed by atoms with E-state index >= 15 is 0 Å². The van der Waals surface area contributed by atoms with Gasteiger partial charge in [-0.2, -0.15) is 5.10 Å². The second kappa shape index (κ2) is 6.21. The molecule has 0 saturated heterocycles. The molecule has 7 nitrogen and oxygen atoms in total. The van der Waals surface area contributed by atoms with E-state index in [1.54, 1.807) is 14.0 Å². The maximum atomic E-state index is 11.9. The summed E-state index contributed by atoms with van der Waals surface area (Å²) in [6.45, 7) is 6.17. The van der Waals surface area contributed by atoms with Gasteiger partial charge in [0.05, 0.1) is 11.4 Å². The minimum Gasteiger partial charge on any atom is -0.451 e. The van der Waals surface area contributed by atoms with E-state index in [2.05, 4.69) is 5.10 Å². The number of ether oxygens (including phenoxy) is 1. The van der Waals surface area contributed by atoms with Gasteiger partial charge in [-0.15, -0.1) is 0 Å². The minimum absolute atomic E-state index is 0.201. The zero-order valence-electron chi connectivity index (χ0n) is 11.8. The van der Waals surface area contributed by atoms with Gasteiger partial charge >= 0.3 is 5.97 Å². The third-order valence-electron chi connectivity index (χ3n) is 2.89. The van der Waals surface area contributed by atoms with E-state index in [0.29, 0.717) is 24.5 Å². The Balaban J connectivity index is 2.77. The molecule has 2 N–H and O–H groups in total. The number of rotatable bonds is 5. The van der Waals surface area contributed by atoms with Gasteiger partial charge in [0.25, 0.3) is 5.91 Å². The van der Waals surface area contributed by atoms with E-state index < -0.39 is 5.97 Å². The van der Waals surface area contributed by atoms with Crippen molar-refractivity contribution in [3.8, 4) is 0 Å². The predicted molar refractivity (Wildman–Crippen MR) is 70.6 cm³/mol. The Morgan fingerprint density at radius 1 is 1.42 bits per heavy atom.